The first-order valence-corrected chi connectivity index (χ1v) is 8.96. The zero-order valence-electron chi connectivity index (χ0n) is 12.3. The van der Waals surface area contributed by atoms with E-state index in [-0.39, 0.29) is 26.9 Å². The molecule has 2 aromatic carbocycles. The number of aryl methyl sites for hydroxylation is 2. The topological polar surface area (TPSA) is 109 Å². The summed E-state index contributed by atoms with van der Waals surface area (Å²) in [5, 5.41) is 0. The molecule has 0 saturated heterocycles. The first-order valence-electron chi connectivity index (χ1n) is 6.08. The van der Waals surface area contributed by atoms with Crippen LogP contribution < -0.4 is 0 Å². The van der Waals surface area contributed by atoms with Crippen molar-refractivity contribution in [3.05, 3.63) is 59.7 Å². The van der Waals surface area contributed by atoms with Crippen LogP contribution >= 0.6 is 0 Å². The minimum absolute atomic E-state index is 0. The molecule has 23 heavy (non-hydrogen) atoms. The maximum absolute atomic E-state index is 10.5. The summed E-state index contributed by atoms with van der Waals surface area (Å²) in [6.45, 7) is 3.68. The first-order chi connectivity index (χ1) is 10.00. The molecule has 2 aromatic rings. The zero-order chi connectivity index (χ0) is 17.0. The summed E-state index contributed by atoms with van der Waals surface area (Å²) < 4.78 is 59.1. The predicted molar refractivity (Wildman–Crippen MR) is 82.0 cm³/mol. The van der Waals surface area contributed by atoms with E-state index in [0.717, 1.165) is 11.1 Å². The smallest absolute Gasteiger partial charge is 0.282 e. The van der Waals surface area contributed by atoms with Crippen LogP contribution in [0.2, 0.25) is 0 Å². The second kappa shape index (κ2) is 8.58. The van der Waals surface area contributed by atoms with Gasteiger partial charge in [0.05, 0.1) is 9.79 Å². The van der Waals surface area contributed by atoms with Crippen LogP contribution in [0.15, 0.2) is 58.3 Å². The van der Waals surface area contributed by atoms with Crippen LogP contribution in [0.5, 0.6) is 0 Å². The van der Waals surface area contributed by atoms with Gasteiger partial charge in [-0.1, -0.05) is 35.4 Å². The van der Waals surface area contributed by atoms with E-state index >= 15 is 0 Å². The van der Waals surface area contributed by atoms with Crippen molar-refractivity contribution in [2.24, 2.45) is 0 Å². The normalized spacial score (nSPS) is 11.0. The molecule has 0 atom stereocenters. The molecule has 9 heteroatoms. The molecule has 0 aliphatic rings. The van der Waals surface area contributed by atoms with Gasteiger partial charge in [0.15, 0.2) is 0 Å². The molecule has 128 valence electrons. The van der Waals surface area contributed by atoms with Gasteiger partial charge in [0.25, 0.3) is 20.2 Å². The van der Waals surface area contributed by atoms with E-state index < -0.39 is 20.2 Å². The van der Waals surface area contributed by atoms with E-state index in [1.165, 1.54) is 24.3 Å². The molecule has 0 bridgehead atoms. The molecule has 0 aliphatic heterocycles. The minimum Gasteiger partial charge on any atom is -0.282 e. The van der Waals surface area contributed by atoms with E-state index in [1.54, 1.807) is 24.3 Å². The van der Waals surface area contributed by atoms with Crippen LogP contribution in [0.1, 0.15) is 11.1 Å². The summed E-state index contributed by atoms with van der Waals surface area (Å²) in [5.41, 5.74) is 1.91. The van der Waals surface area contributed by atoms with Crippen LogP contribution in [0.25, 0.3) is 0 Å². The Morgan fingerprint density at radius 3 is 1.00 bits per heavy atom. The molecule has 2 N–H and O–H groups in total. The average Bonchev–Trinajstić information content (AvgIpc) is 2.38. The van der Waals surface area contributed by atoms with E-state index in [1.807, 2.05) is 13.8 Å². The van der Waals surface area contributed by atoms with Gasteiger partial charge in [0, 0.05) is 17.1 Å². The summed E-state index contributed by atoms with van der Waals surface area (Å²) >= 11 is 0. The fourth-order valence-electron chi connectivity index (χ4n) is 1.42. The van der Waals surface area contributed by atoms with E-state index in [2.05, 4.69) is 0 Å². The van der Waals surface area contributed by atoms with Crippen molar-refractivity contribution >= 4 is 20.2 Å². The van der Waals surface area contributed by atoms with Gasteiger partial charge in [0.1, 0.15) is 0 Å². The van der Waals surface area contributed by atoms with Crippen molar-refractivity contribution < 1.29 is 43.0 Å². The molecule has 2 rings (SSSR count). The molecule has 0 radical (unpaired) electrons. The van der Waals surface area contributed by atoms with E-state index in [0.29, 0.717) is 0 Å². The molecule has 0 fully saturated rings. The first kappa shape index (κ1) is 21.8. The number of hydrogen-bond acceptors (Lipinski definition) is 4. The standard InChI is InChI=1S/2C7H8O3S.Fe/c2*1-6-2-4-7(5-3-6)11(8,9)10;/h2*2-5H,1H3,(H,8,9,10);. The zero-order valence-corrected chi connectivity index (χ0v) is 15.1. The second-order valence-electron chi connectivity index (χ2n) is 4.58. The third-order valence-corrected chi connectivity index (χ3v) is 4.37. The summed E-state index contributed by atoms with van der Waals surface area (Å²) in [6.07, 6.45) is 0. The monoisotopic (exact) mass is 400 g/mol. The molecule has 0 spiro atoms. The molecular formula is C14H16FeO6S2. The molecule has 0 saturated carbocycles. The third kappa shape index (κ3) is 7.74. The van der Waals surface area contributed by atoms with Crippen molar-refractivity contribution in [2.75, 3.05) is 0 Å². The maximum Gasteiger partial charge on any atom is 0.294 e. The average molecular weight is 400 g/mol. The third-order valence-electron chi connectivity index (χ3n) is 2.64. The molecule has 0 heterocycles. The Kier molecular flexibility index (Phi) is 8.13. The number of hydrogen-bond donors (Lipinski definition) is 2. The van der Waals surface area contributed by atoms with Gasteiger partial charge in [0.2, 0.25) is 0 Å². The van der Waals surface area contributed by atoms with Gasteiger partial charge < -0.3 is 0 Å². The van der Waals surface area contributed by atoms with Crippen molar-refractivity contribution in [1.82, 2.24) is 0 Å². The fraction of sp³-hybridized carbons (Fsp3) is 0.143. The van der Waals surface area contributed by atoms with Gasteiger partial charge in [-0.2, -0.15) is 16.8 Å². The van der Waals surface area contributed by atoms with Crippen LogP contribution in [0, 0.1) is 13.8 Å². The second-order valence-corrected chi connectivity index (χ2v) is 7.42. The Balaban J connectivity index is 0.000000403. The summed E-state index contributed by atoms with van der Waals surface area (Å²) in [6, 6.07) is 12.0. The van der Waals surface area contributed by atoms with Crippen LogP contribution in [-0.2, 0) is 37.3 Å². The van der Waals surface area contributed by atoms with Gasteiger partial charge in [-0.15, -0.1) is 0 Å². The van der Waals surface area contributed by atoms with Crippen LogP contribution in [0.3, 0.4) is 0 Å². The van der Waals surface area contributed by atoms with Crippen molar-refractivity contribution in [3.8, 4) is 0 Å². The Morgan fingerprint density at radius 2 is 0.826 bits per heavy atom. The Labute approximate surface area is 146 Å². The van der Waals surface area contributed by atoms with Crippen LogP contribution in [-0.4, -0.2) is 25.9 Å². The van der Waals surface area contributed by atoms with Crippen molar-refractivity contribution in [3.63, 3.8) is 0 Å². The summed E-state index contributed by atoms with van der Waals surface area (Å²) in [5.74, 6) is 0. The molecule has 6 nitrogen and oxygen atoms in total. The van der Waals surface area contributed by atoms with Crippen molar-refractivity contribution in [1.29, 1.82) is 0 Å². The minimum atomic E-state index is -4.02. The van der Waals surface area contributed by atoms with Crippen molar-refractivity contribution in [2.45, 2.75) is 23.6 Å². The quantitative estimate of drug-likeness (QED) is 0.592. The Morgan fingerprint density at radius 1 is 0.609 bits per heavy atom. The summed E-state index contributed by atoms with van der Waals surface area (Å²) in [7, 11) is -8.04. The largest absolute Gasteiger partial charge is 0.294 e. The van der Waals surface area contributed by atoms with Crippen LogP contribution in [0.4, 0.5) is 0 Å². The molecule has 0 unspecified atom stereocenters. The Bertz CT molecular complexity index is 752. The van der Waals surface area contributed by atoms with E-state index in [9.17, 15) is 16.8 Å². The molecule has 0 aromatic heterocycles. The SMILES string of the molecule is Cc1ccc(S(=O)(=O)O)cc1.Cc1ccc(S(=O)(=O)O)cc1.[Fe]. The van der Waals surface area contributed by atoms with Gasteiger partial charge in [-0.05, 0) is 38.1 Å². The molecule has 0 amide bonds. The van der Waals surface area contributed by atoms with Gasteiger partial charge in [-0.3, -0.25) is 9.11 Å². The van der Waals surface area contributed by atoms with Gasteiger partial charge in [-0.25, -0.2) is 0 Å². The Hall–Kier alpha value is -1.22. The number of rotatable bonds is 2. The fourth-order valence-corrected chi connectivity index (χ4v) is 2.38. The molecular weight excluding hydrogens is 384 g/mol. The summed E-state index contributed by atoms with van der Waals surface area (Å²) in [4.78, 5) is -0.133. The van der Waals surface area contributed by atoms with E-state index in [4.69, 9.17) is 9.11 Å². The maximum atomic E-state index is 10.5. The molecule has 0 aliphatic carbocycles. The predicted octanol–water partition coefficient (Wildman–Crippen LogP) is 2.48. The number of benzene rings is 2. The van der Waals surface area contributed by atoms with Gasteiger partial charge >= 0.3 is 0 Å².